The number of sulfonamides is 1. The average molecular weight is 488 g/mol. The Morgan fingerprint density at radius 2 is 1.84 bits per heavy atom. The summed E-state index contributed by atoms with van der Waals surface area (Å²) in [7, 11) is -4.07. The van der Waals surface area contributed by atoms with E-state index in [1.807, 2.05) is 0 Å². The third kappa shape index (κ3) is 4.99. The number of rotatable bonds is 4. The molecule has 32 heavy (non-hydrogen) atoms. The molecule has 0 spiro atoms. The second kappa shape index (κ2) is 9.11. The van der Waals surface area contributed by atoms with Gasteiger partial charge in [0.1, 0.15) is 0 Å². The molecule has 6 nitrogen and oxygen atoms in total. The van der Waals surface area contributed by atoms with E-state index in [1.54, 1.807) is 0 Å². The van der Waals surface area contributed by atoms with Crippen LogP contribution in [-0.2, 0) is 33.8 Å². The van der Waals surface area contributed by atoms with Crippen molar-refractivity contribution in [1.82, 2.24) is 9.29 Å². The zero-order valence-electron chi connectivity index (χ0n) is 17.3. The highest BCUT2D eigenvalue weighted by Gasteiger charge is 2.35. The maximum absolute atomic E-state index is 13.0. The molecule has 1 saturated heterocycles. The van der Waals surface area contributed by atoms with E-state index < -0.39 is 21.8 Å². The lowest BCUT2D eigenvalue weighted by Crippen LogP contribution is -2.41. The van der Waals surface area contributed by atoms with Crippen molar-refractivity contribution < 1.29 is 26.4 Å². The van der Waals surface area contributed by atoms with Crippen molar-refractivity contribution in [2.75, 3.05) is 18.4 Å². The molecule has 0 radical (unpaired) electrons. The molecule has 2 aromatic rings. The summed E-state index contributed by atoms with van der Waals surface area (Å²) in [5, 5.41) is 3.46. The van der Waals surface area contributed by atoms with Gasteiger partial charge in [0, 0.05) is 23.9 Å². The smallest absolute Gasteiger partial charge is 0.302 e. The van der Waals surface area contributed by atoms with Gasteiger partial charge in [-0.25, -0.2) is 13.4 Å². The number of nitrogens with one attached hydrogen (secondary N) is 1. The predicted octanol–water partition coefficient (Wildman–Crippen LogP) is 4.47. The molecular weight excluding hydrogens is 463 g/mol. The van der Waals surface area contributed by atoms with Crippen molar-refractivity contribution >= 4 is 32.4 Å². The number of anilines is 1. The minimum atomic E-state index is -4.62. The monoisotopic (exact) mass is 487 g/mol. The number of aryl methyl sites for hydroxylation is 2. The number of carbonyl (C=O) groups excluding carboxylic acids is 1. The molecular formula is C21H24F3N3O3S2. The number of carbonyl (C=O) groups is 1. The summed E-state index contributed by atoms with van der Waals surface area (Å²) >= 11 is 1.51. The Morgan fingerprint density at radius 1 is 1.12 bits per heavy atom. The number of hydrogen-bond donors (Lipinski definition) is 1. The summed E-state index contributed by atoms with van der Waals surface area (Å²) in [6, 6.07) is 3.75. The van der Waals surface area contributed by atoms with Crippen LogP contribution in [0, 0.1) is 5.92 Å². The van der Waals surface area contributed by atoms with E-state index in [9.17, 15) is 26.4 Å². The number of nitrogens with zero attached hydrogens (tertiary/aromatic N) is 2. The maximum Gasteiger partial charge on any atom is 0.416 e. The van der Waals surface area contributed by atoms with Crippen LogP contribution in [0.25, 0.3) is 0 Å². The van der Waals surface area contributed by atoms with Crippen molar-refractivity contribution in [3.05, 3.63) is 40.4 Å². The van der Waals surface area contributed by atoms with E-state index >= 15 is 0 Å². The Bertz CT molecular complexity index is 1070. The Kier molecular flexibility index (Phi) is 6.60. The molecule has 1 aromatic carbocycles. The normalized spacial score (nSPS) is 18.7. The third-order valence-electron chi connectivity index (χ3n) is 5.95. The minimum absolute atomic E-state index is 0.0744. The van der Waals surface area contributed by atoms with Crippen molar-refractivity contribution in [3.63, 3.8) is 0 Å². The quantitative estimate of drug-likeness (QED) is 0.646. The lowest BCUT2D eigenvalue weighted by Gasteiger charge is -2.30. The van der Waals surface area contributed by atoms with Gasteiger partial charge in [0.15, 0.2) is 5.13 Å². The molecule has 1 fully saturated rings. The Balaban J connectivity index is 1.38. The first-order chi connectivity index (χ1) is 15.1. The summed E-state index contributed by atoms with van der Waals surface area (Å²) in [5.41, 5.74) is 0.0551. The molecule has 4 rings (SSSR count). The van der Waals surface area contributed by atoms with Gasteiger partial charge in [-0.1, -0.05) is 12.5 Å². The number of hydrogen-bond acceptors (Lipinski definition) is 5. The van der Waals surface area contributed by atoms with E-state index in [4.69, 9.17) is 0 Å². The number of halogens is 3. The Hall–Kier alpha value is -1.98. The molecule has 1 aliphatic heterocycles. The molecule has 0 saturated carbocycles. The number of benzene rings is 1. The van der Waals surface area contributed by atoms with Crippen LogP contribution >= 0.6 is 11.3 Å². The minimum Gasteiger partial charge on any atom is -0.302 e. The van der Waals surface area contributed by atoms with Gasteiger partial charge in [-0.05, 0) is 56.7 Å². The topological polar surface area (TPSA) is 79.4 Å². The molecule has 2 aliphatic rings. The average Bonchev–Trinajstić information content (AvgIpc) is 3.01. The Morgan fingerprint density at radius 3 is 2.56 bits per heavy atom. The summed E-state index contributed by atoms with van der Waals surface area (Å²) in [6.07, 6.45) is 1.30. The number of alkyl halides is 3. The SMILES string of the molecule is O=C(Nc1nc2c(s1)CCCCC2)C1CCN(S(=O)(=O)c2cccc(C(F)(F)F)c2)CC1. The first-order valence-electron chi connectivity index (χ1n) is 10.6. The first-order valence-corrected chi connectivity index (χ1v) is 12.9. The van der Waals surface area contributed by atoms with Crippen LogP contribution in [0.1, 0.15) is 48.2 Å². The molecule has 11 heteroatoms. The largest absolute Gasteiger partial charge is 0.416 e. The Labute approximate surface area is 188 Å². The lowest BCUT2D eigenvalue weighted by atomic mass is 9.97. The molecule has 1 amide bonds. The van der Waals surface area contributed by atoms with Gasteiger partial charge in [-0.2, -0.15) is 17.5 Å². The summed E-state index contributed by atoms with van der Waals surface area (Å²) in [6.45, 7) is 0.149. The van der Waals surface area contributed by atoms with Crippen LogP contribution in [0.5, 0.6) is 0 Å². The van der Waals surface area contributed by atoms with Crippen molar-refractivity contribution in [2.24, 2.45) is 5.92 Å². The zero-order chi connectivity index (χ0) is 22.9. The number of thiazole rings is 1. The molecule has 2 heterocycles. The highest BCUT2D eigenvalue weighted by atomic mass is 32.2. The fraction of sp³-hybridized carbons (Fsp3) is 0.524. The van der Waals surface area contributed by atoms with Crippen LogP contribution in [0.4, 0.5) is 18.3 Å². The van der Waals surface area contributed by atoms with Gasteiger partial charge in [0.05, 0.1) is 16.2 Å². The van der Waals surface area contributed by atoms with Gasteiger partial charge in [0.25, 0.3) is 0 Å². The highest BCUT2D eigenvalue weighted by molar-refractivity contribution is 7.89. The van der Waals surface area contributed by atoms with Crippen molar-refractivity contribution in [3.8, 4) is 0 Å². The molecule has 1 N–H and O–H groups in total. The molecule has 174 valence electrons. The number of piperidine rings is 1. The fourth-order valence-electron chi connectivity index (χ4n) is 4.13. The van der Waals surface area contributed by atoms with Gasteiger partial charge < -0.3 is 5.32 Å². The number of aromatic nitrogens is 1. The lowest BCUT2D eigenvalue weighted by molar-refractivity contribution is -0.137. The summed E-state index contributed by atoms with van der Waals surface area (Å²) < 4.78 is 65.7. The molecule has 0 bridgehead atoms. The summed E-state index contributed by atoms with van der Waals surface area (Å²) in [5.74, 6) is -0.559. The van der Waals surface area contributed by atoms with E-state index in [-0.39, 0.29) is 29.8 Å². The van der Waals surface area contributed by atoms with Gasteiger partial charge in [-0.15, -0.1) is 11.3 Å². The molecule has 0 atom stereocenters. The van der Waals surface area contributed by atoms with Crippen LogP contribution in [-0.4, -0.2) is 36.7 Å². The first kappa shape index (κ1) is 23.2. The van der Waals surface area contributed by atoms with Gasteiger partial charge in [-0.3, -0.25) is 4.79 Å². The number of amides is 1. The van der Waals surface area contributed by atoms with E-state index in [0.29, 0.717) is 24.0 Å². The number of fused-ring (bicyclic) bond motifs is 1. The van der Waals surface area contributed by atoms with E-state index in [1.165, 1.54) is 22.6 Å². The van der Waals surface area contributed by atoms with Gasteiger partial charge >= 0.3 is 6.18 Å². The summed E-state index contributed by atoms with van der Waals surface area (Å²) in [4.78, 5) is 18.1. The molecule has 1 aliphatic carbocycles. The van der Waals surface area contributed by atoms with Crippen LogP contribution in [0.2, 0.25) is 0 Å². The van der Waals surface area contributed by atoms with E-state index in [2.05, 4.69) is 10.3 Å². The predicted molar refractivity (Wildman–Crippen MR) is 115 cm³/mol. The van der Waals surface area contributed by atoms with Crippen LogP contribution in [0.3, 0.4) is 0 Å². The second-order valence-corrected chi connectivity index (χ2v) is 11.2. The third-order valence-corrected chi connectivity index (χ3v) is 8.92. The molecule has 0 unspecified atom stereocenters. The van der Waals surface area contributed by atoms with Crippen LogP contribution in [0.15, 0.2) is 29.2 Å². The highest BCUT2D eigenvalue weighted by Crippen LogP contribution is 2.33. The van der Waals surface area contributed by atoms with E-state index in [0.717, 1.165) is 53.9 Å². The van der Waals surface area contributed by atoms with Crippen LogP contribution < -0.4 is 5.32 Å². The zero-order valence-corrected chi connectivity index (χ0v) is 19.0. The van der Waals surface area contributed by atoms with Gasteiger partial charge in [0.2, 0.25) is 15.9 Å². The second-order valence-electron chi connectivity index (χ2n) is 8.14. The van der Waals surface area contributed by atoms with Crippen molar-refractivity contribution in [1.29, 1.82) is 0 Å². The maximum atomic E-state index is 13.0. The van der Waals surface area contributed by atoms with Crippen molar-refractivity contribution in [2.45, 2.75) is 56.0 Å². The standard InChI is InChI=1S/C21H24F3N3O3S2/c22-21(23,24)15-5-4-6-16(13-15)32(29,30)27-11-9-14(10-12-27)19(28)26-20-25-17-7-2-1-3-8-18(17)31-20/h4-6,13-14H,1-3,7-12H2,(H,25,26,28). The fourth-order valence-corrected chi connectivity index (χ4v) is 6.70. The molecule has 1 aromatic heterocycles.